The van der Waals surface area contributed by atoms with Gasteiger partial charge in [0, 0.05) is 18.9 Å². The van der Waals surface area contributed by atoms with Crippen molar-refractivity contribution < 1.29 is 9.59 Å². The van der Waals surface area contributed by atoms with Gasteiger partial charge in [-0.15, -0.1) is 0 Å². The van der Waals surface area contributed by atoms with Crippen LogP contribution in [0.2, 0.25) is 0 Å². The molecule has 16 heavy (non-hydrogen) atoms. The summed E-state index contributed by atoms with van der Waals surface area (Å²) in [6.45, 7) is 2.55. The second kappa shape index (κ2) is 4.47. The highest BCUT2D eigenvalue weighted by Gasteiger charge is 2.32. The molecule has 0 N–H and O–H groups in total. The van der Waals surface area contributed by atoms with Crippen molar-refractivity contribution in [3.63, 3.8) is 0 Å². The first-order chi connectivity index (χ1) is 7.72. The Kier molecular flexibility index (Phi) is 3.04. The van der Waals surface area contributed by atoms with E-state index in [1.54, 1.807) is 4.90 Å². The molecule has 84 valence electrons. The number of hydrogen-bond acceptors (Lipinski definition) is 2. The van der Waals surface area contributed by atoms with Gasteiger partial charge in [-0.25, -0.2) is 0 Å². The highest BCUT2D eigenvalue weighted by Crippen LogP contribution is 2.27. The van der Waals surface area contributed by atoms with Gasteiger partial charge in [-0.1, -0.05) is 30.3 Å². The van der Waals surface area contributed by atoms with E-state index in [2.05, 4.69) is 0 Å². The molecular formula is C13H15NO2. The van der Waals surface area contributed by atoms with E-state index >= 15 is 0 Å². The van der Waals surface area contributed by atoms with Crippen molar-refractivity contribution in [2.24, 2.45) is 5.92 Å². The third kappa shape index (κ3) is 1.98. The van der Waals surface area contributed by atoms with Crippen molar-refractivity contribution in [1.29, 1.82) is 0 Å². The van der Waals surface area contributed by atoms with Gasteiger partial charge < -0.3 is 9.69 Å². The van der Waals surface area contributed by atoms with Gasteiger partial charge in [-0.2, -0.15) is 0 Å². The maximum absolute atomic E-state index is 11.7. The Balaban J connectivity index is 2.14. The Bertz CT molecular complexity index is 388. The van der Waals surface area contributed by atoms with Gasteiger partial charge in [0.25, 0.3) is 0 Å². The second-order valence-corrected chi connectivity index (χ2v) is 4.23. The van der Waals surface area contributed by atoms with Crippen LogP contribution in [0.1, 0.15) is 24.9 Å². The number of likely N-dealkylation sites (tertiary alicyclic amines) is 1. The van der Waals surface area contributed by atoms with Crippen molar-refractivity contribution in [2.75, 3.05) is 6.54 Å². The van der Waals surface area contributed by atoms with Gasteiger partial charge >= 0.3 is 0 Å². The number of rotatable bonds is 3. The van der Waals surface area contributed by atoms with Crippen LogP contribution in [0.3, 0.4) is 0 Å². The average Bonchev–Trinajstić information content (AvgIpc) is 2.71. The number of nitrogens with zero attached hydrogens (tertiary/aromatic N) is 1. The molecule has 3 nitrogen and oxygen atoms in total. The van der Waals surface area contributed by atoms with Crippen LogP contribution >= 0.6 is 0 Å². The fraction of sp³-hybridized carbons (Fsp3) is 0.385. The molecule has 3 heteroatoms. The summed E-state index contributed by atoms with van der Waals surface area (Å²) in [5.41, 5.74) is 1.11. The minimum absolute atomic E-state index is 0.0543. The van der Waals surface area contributed by atoms with Crippen molar-refractivity contribution in [1.82, 2.24) is 4.90 Å². The number of benzene rings is 1. The molecule has 0 spiro atoms. The van der Waals surface area contributed by atoms with Gasteiger partial charge in [0.05, 0.1) is 6.04 Å². The molecule has 0 aliphatic carbocycles. The van der Waals surface area contributed by atoms with Crippen LogP contribution < -0.4 is 0 Å². The Labute approximate surface area is 95.1 Å². The van der Waals surface area contributed by atoms with Crippen LogP contribution in [0, 0.1) is 5.92 Å². The maximum atomic E-state index is 11.7. The summed E-state index contributed by atoms with van der Waals surface area (Å²) in [5.74, 6) is -0.0490. The lowest BCUT2D eigenvalue weighted by Gasteiger charge is -2.24. The molecule has 1 fully saturated rings. The molecule has 1 saturated heterocycles. The largest absolute Gasteiger partial charge is 0.335 e. The summed E-state index contributed by atoms with van der Waals surface area (Å²) in [6.07, 6.45) is 1.25. The van der Waals surface area contributed by atoms with Gasteiger partial charge in [-0.05, 0) is 12.5 Å². The van der Waals surface area contributed by atoms with Crippen LogP contribution in [-0.2, 0) is 9.59 Å². The van der Waals surface area contributed by atoms with E-state index in [0.29, 0.717) is 13.0 Å². The Morgan fingerprint density at radius 3 is 2.62 bits per heavy atom. The lowest BCUT2D eigenvalue weighted by atomic mass is 10.1. The zero-order valence-electron chi connectivity index (χ0n) is 9.30. The number of amides is 1. The molecule has 0 bridgehead atoms. The standard InChI is InChI=1S/C13H15NO2/c1-10(12-5-3-2-4-6-12)14-8-11(9-15)7-13(14)16/h2-6,9-11H,7-8H2,1H3/t10-,11-/m1/s1. The zero-order chi connectivity index (χ0) is 11.5. The van der Waals surface area contributed by atoms with Crippen LogP contribution in [0.25, 0.3) is 0 Å². The van der Waals surface area contributed by atoms with E-state index in [9.17, 15) is 9.59 Å². The van der Waals surface area contributed by atoms with E-state index in [1.807, 2.05) is 37.3 Å². The van der Waals surface area contributed by atoms with E-state index in [4.69, 9.17) is 0 Å². The smallest absolute Gasteiger partial charge is 0.223 e. The van der Waals surface area contributed by atoms with Crippen molar-refractivity contribution in [2.45, 2.75) is 19.4 Å². The molecule has 0 radical (unpaired) electrons. The fourth-order valence-electron chi connectivity index (χ4n) is 2.14. The number of carbonyl (C=O) groups is 2. The minimum Gasteiger partial charge on any atom is -0.335 e. The molecule has 1 amide bonds. The van der Waals surface area contributed by atoms with Crippen molar-refractivity contribution >= 4 is 12.2 Å². The number of hydrogen-bond donors (Lipinski definition) is 0. The Morgan fingerprint density at radius 2 is 2.06 bits per heavy atom. The summed E-state index contributed by atoms with van der Waals surface area (Å²) >= 11 is 0. The third-order valence-corrected chi connectivity index (χ3v) is 3.13. The first-order valence-electron chi connectivity index (χ1n) is 5.52. The topological polar surface area (TPSA) is 37.4 Å². The highest BCUT2D eigenvalue weighted by atomic mass is 16.2. The van der Waals surface area contributed by atoms with E-state index in [0.717, 1.165) is 11.8 Å². The molecule has 1 aromatic rings. The van der Waals surface area contributed by atoms with Crippen molar-refractivity contribution in [3.05, 3.63) is 35.9 Å². The molecular weight excluding hydrogens is 202 g/mol. The zero-order valence-corrected chi connectivity index (χ0v) is 9.30. The second-order valence-electron chi connectivity index (χ2n) is 4.23. The van der Waals surface area contributed by atoms with Crippen LogP contribution in [0.15, 0.2) is 30.3 Å². The molecule has 1 heterocycles. The number of carbonyl (C=O) groups excluding carboxylic acids is 2. The molecule has 1 aliphatic rings. The van der Waals surface area contributed by atoms with Crippen LogP contribution in [0.4, 0.5) is 0 Å². The lowest BCUT2D eigenvalue weighted by Crippen LogP contribution is -2.28. The summed E-state index contributed by atoms with van der Waals surface area (Å²) in [6, 6.07) is 9.94. The lowest BCUT2D eigenvalue weighted by molar-refractivity contribution is -0.129. The predicted molar refractivity (Wildman–Crippen MR) is 60.7 cm³/mol. The SMILES string of the molecule is C[C@H](c1ccccc1)N1C[C@H](C=O)CC1=O. The Morgan fingerprint density at radius 1 is 1.38 bits per heavy atom. The predicted octanol–water partition coefficient (Wildman–Crippen LogP) is 1.79. The summed E-state index contributed by atoms with van der Waals surface area (Å²) in [7, 11) is 0. The quantitative estimate of drug-likeness (QED) is 0.724. The third-order valence-electron chi connectivity index (χ3n) is 3.13. The van der Waals surface area contributed by atoms with E-state index < -0.39 is 0 Å². The van der Waals surface area contributed by atoms with Crippen molar-refractivity contribution in [3.8, 4) is 0 Å². The summed E-state index contributed by atoms with van der Waals surface area (Å²) < 4.78 is 0. The van der Waals surface area contributed by atoms with E-state index in [1.165, 1.54) is 0 Å². The molecule has 1 aliphatic heterocycles. The molecule has 0 unspecified atom stereocenters. The molecule has 2 atom stereocenters. The van der Waals surface area contributed by atoms with Gasteiger partial charge in [0.1, 0.15) is 6.29 Å². The van der Waals surface area contributed by atoms with Crippen LogP contribution in [-0.4, -0.2) is 23.6 Å². The first-order valence-corrected chi connectivity index (χ1v) is 5.52. The molecule has 0 aromatic heterocycles. The van der Waals surface area contributed by atoms with Gasteiger partial charge in [0.2, 0.25) is 5.91 Å². The first kappa shape index (κ1) is 10.9. The molecule has 1 aromatic carbocycles. The number of aldehydes is 1. The Hall–Kier alpha value is -1.64. The molecule has 0 saturated carbocycles. The highest BCUT2D eigenvalue weighted by molar-refractivity contribution is 5.83. The van der Waals surface area contributed by atoms with Gasteiger partial charge in [-0.3, -0.25) is 4.79 Å². The van der Waals surface area contributed by atoms with E-state index in [-0.39, 0.29) is 17.9 Å². The normalized spacial score (nSPS) is 22.2. The van der Waals surface area contributed by atoms with Gasteiger partial charge in [0.15, 0.2) is 0 Å². The average molecular weight is 217 g/mol. The van der Waals surface area contributed by atoms with Crippen LogP contribution in [0.5, 0.6) is 0 Å². The summed E-state index contributed by atoms with van der Waals surface area (Å²) in [4.78, 5) is 24.2. The molecule has 2 rings (SSSR count). The maximum Gasteiger partial charge on any atom is 0.223 e. The summed E-state index contributed by atoms with van der Waals surface area (Å²) in [5, 5.41) is 0. The minimum atomic E-state index is -0.126. The monoisotopic (exact) mass is 217 g/mol. The fourth-order valence-corrected chi connectivity index (χ4v) is 2.14.